The first kappa shape index (κ1) is 15.8. The molecule has 2 amide bonds. The average Bonchev–Trinajstić information content (AvgIpc) is 2.56. The van der Waals surface area contributed by atoms with E-state index in [1.807, 2.05) is 0 Å². The van der Waals surface area contributed by atoms with Gasteiger partial charge in [0, 0.05) is 12.1 Å². The van der Waals surface area contributed by atoms with Gasteiger partial charge in [-0.05, 0) is 37.1 Å². The summed E-state index contributed by atoms with van der Waals surface area (Å²) in [5, 5.41) is 8.02. The highest BCUT2D eigenvalue weighted by Crippen LogP contribution is 2.19. The van der Waals surface area contributed by atoms with Crippen molar-refractivity contribution in [1.82, 2.24) is 5.32 Å². The van der Waals surface area contributed by atoms with Gasteiger partial charge >= 0.3 is 0 Å². The Balaban J connectivity index is 1.55. The summed E-state index contributed by atoms with van der Waals surface area (Å²) < 4.78 is 5.09. The summed E-state index contributed by atoms with van der Waals surface area (Å²) in [6.45, 7) is 0. The maximum Gasteiger partial charge on any atom is 0.279 e. The van der Waals surface area contributed by atoms with Crippen LogP contribution in [0.25, 0.3) is 0 Å². The Kier molecular flexibility index (Phi) is 4.81. The molecule has 1 aromatic rings. The number of amides is 2. The van der Waals surface area contributed by atoms with E-state index >= 15 is 0 Å². The molecule has 1 heterocycles. The molecule has 23 heavy (non-hydrogen) atoms. The molecule has 3 atom stereocenters. The van der Waals surface area contributed by atoms with Crippen LogP contribution in [-0.2, 0) is 9.59 Å². The van der Waals surface area contributed by atoms with E-state index < -0.39 is 0 Å². The Morgan fingerprint density at radius 1 is 1.30 bits per heavy atom. The van der Waals surface area contributed by atoms with Crippen LogP contribution in [0, 0.1) is 0 Å². The van der Waals surface area contributed by atoms with Crippen LogP contribution in [0.5, 0.6) is 5.75 Å². The smallest absolute Gasteiger partial charge is 0.279 e. The second kappa shape index (κ2) is 7.00. The molecule has 0 unspecified atom stereocenters. The van der Waals surface area contributed by atoms with Crippen LogP contribution in [0.1, 0.15) is 32.1 Å². The summed E-state index contributed by atoms with van der Waals surface area (Å²) in [5.41, 5.74) is 0.711. The van der Waals surface area contributed by atoms with Gasteiger partial charge in [-0.1, -0.05) is 6.42 Å². The summed E-state index contributed by atoms with van der Waals surface area (Å²) >= 11 is 0. The molecular weight excluding hydrogens is 294 g/mol. The number of carbonyl (C=O) groups excluding carboxylic acids is 2. The number of quaternary nitrogens is 1. The molecule has 0 aromatic heterocycles. The largest absolute Gasteiger partial charge is 0.497 e. The molecule has 1 saturated carbocycles. The molecule has 2 fully saturated rings. The van der Waals surface area contributed by atoms with Crippen molar-refractivity contribution in [1.29, 1.82) is 0 Å². The Morgan fingerprint density at radius 2 is 2.04 bits per heavy atom. The lowest BCUT2D eigenvalue weighted by atomic mass is 9.87. The Hall–Kier alpha value is -2.08. The minimum absolute atomic E-state index is 0.0157. The minimum atomic E-state index is -0.326. The van der Waals surface area contributed by atoms with E-state index in [0.29, 0.717) is 11.7 Å². The van der Waals surface area contributed by atoms with Crippen LogP contribution in [0.15, 0.2) is 24.3 Å². The summed E-state index contributed by atoms with van der Waals surface area (Å²) in [6.07, 6.45) is 4.75. The number of nitrogens with one attached hydrogen (secondary N) is 2. The first-order chi connectivity index (χ1) is 11.2. The van der Waals surface area contributed by atoms with Gasteiger partial charge in [0.25, 0.3) is 5.91 Å². The highest BCUT2D eigenvalue weighted by Gasteiger charge is 2.40. The first-order valence-corrected chi connectivity index (χ1v) is 8.25. The zero-order chi connectivity index (χ0) is 16.2. The van der Waals surface area contributed by atoms with Gasteiger partial charge in [-0.15, -0.1) is 0 Å². The monoisotopic (exact) mass is 318 g/mol. The molecule has 1 saturated heterocycles. The Labute approximate surface area is 136 Å². The molecule has 1 aromatic carbocycles. The van der Waals surface area contributed by atoms with E-state index in [1.165, 1.54) is 12.8 Å². The zero-order valence-corrected chi connectivity index (χ0v) is 13.4. The number of piperazine rings is 1. The summed E-state index contributed by atoms with van der Waals surface area (Å²) in [5.74, 6) is 0.588. The van der Waals surface area contributed by atoms with Crippen molar-refractivity contribution in [2.45, 2.75) is 50.2 Å². The zero-order valence-electron chi connectivity index (χ0n) is 13.4. The van der Waals surface area contributed by atoms with Gasteiger partial charge in [-0.25, -0.2) is 0 Å². The van der Waals surface area contributed by atoms with Gasteiger partial charge in [0.2, 0.25) is 5.91 Å². The third-order valence-electron chi connectivity index (χ3n) is 4.74. The van der Waals surface area contributed by atoms with Crippen LogP contribution >= 0.6 is 0 Å². The number of hydrogen-bond acceptors (Lipinski definition) is 3. The molecule has 124 valence electrons. The molecule has 3 rings (SSSR count). The number of benzene rings is 1. The lowest BCUT2D eigenvalue weighted by Gasteiger charge is -2.37. The van der Waals surface area contributed by atoms with Crippen LogP contribution in [-0.4, -0.2) is 37.0 Å². The number of methoxy groups -OCH3 is 1. The number of hydrogen-bond donors (Lipinski definition) is 3. The van der Waals surface area contributed by atoms with E-state index in [-0.39, 0.29) is 30.3 Å². The van der Waals surface area contributed by atoms with Crippen molar-refractivity contribution < 1.29 is 19.6 Å². The first-order valence-electron chi connectivity index (χ1n) is 8.25. The average molecular weight is 318 g/mol. The molecule has 2 aliphatic rings. The second-order valence-electron chi connectivity index (χ2n) is 6.34. The predicted molar refractivity (Wildman–Crippen MR) is 86.1 cm³/mol. The molecule has 1 aliphatic heterocycles. The second-order valence-corrected chi connectivity index (χ2v) is 6.34. The van der Waals surface area contributed by atoms with Crippen molar-refractivity contribution in [2.75, 3.05) is 12.4 Å². The van der Waals surface area contributed by atoms with Crippen LogP contribution in [0.4, 0.5) is 5.69 Å². The topological polar surface area (TPSA) is 84.0 Å². The van der Waals surface area contributed by atoms with Gasteiger partial charge in [-0.2, -0.15) is 0 Å². The third kappa shape index (κ3) is 3.82. The molecule has 6 heteroatoms. The number of ether oxygens (including phenoxy) is 1. The number of anilines is 1. The maximum atomic E-state index is 12.2. The number of nitrogens with two attached hydrogens (primary N) is 1. The predicted octanol–water partition coefficient (Wildman–Crippen LogP) is 0.397. The van der Waals surface area contributed by atoms with Crippen molar-refractivity contribution in [2.24, 2.45) is 0 Å². The lowest BCUT2D eigenvalue weighted by molar-refractivity contribution is -0.718. The fourth-order valence-corrected chi connectivity index (χ4v) is 3.49. The summed E-state index contributed by atoms with van der Waals surface area (Å²) in [4.78, 5) is 24.4. The number of rotatable bonds is 4. The quantitative estimate of drug-likeness (QED) is 0.751. The SMILES string of the molecule is COc1ccc(NC(=O)C[C@@H]2[NH2+][C@H]3CCCC[C@H]3NC2=O)cc1. The van der Waals surface area contributed by atoms with Crippen molar-refractivity contribution in [3.05, 3.63) is 24.3 Å². The van der Waals surface area contributed by atoms with Crippen LogP contribution in [0.2, 0.25) is 0 Å². The van der Waals surface area contributed by atoms with Crippen LogP contribution < -0.4 is 20.7 Å². The van der Waals surface area contributed by atoms with Crippen molar-refractivity contribution in [3.63, 3.8) is 0 Å². The molecule has 1 aliphatic carbocycles. The highest BCUT2D eigenvalue weighted by molar-refractivity contribution is 5.95. The fraction of sp³-hybridized carbons (Fsp3) is 0.529. The van der Waals surface area contributed by atoms with Crippen molar-refractivity contribution in [3.8, 4) is 5.75 Å². The normalized spacial score (nSPS) is 26.8. The van der Waals surface area contributed by atoms with Gasteiger partial charge in [0.05, 0.1) is 19.6 Å². The van der Waals surface area contributed by atoms with E-state index in [2.05, 4.69) is 16.0 Å². The number of fused-ring (bicyclic) bond motifs is 1. The Morgan fingerprint density at radius 3 is 2.78 bits per heavy atom. The molecular formula is C17H24N3O3+. The van der Waals surface area contributed by atoms with Gasteiger partial charge < -0.3 is 20.7 Å². The minimum Gasteiger partial charge on any atom is -0.497 e. The van der Waals surface area contributed by atoms with E-state index in [4.69, 9.17) is 4.74 Å². The van der Waals surface area contributed by atoms with Crippen LogP contribution in [0.3, 0.4) is 0 Å². The molecule has 0 spiro atoms. The molecule has 4 N–H and O–H groups in total. The lowest BCUT2D eigenvalue weighted by Crippen LogP contribution is -3.03. The van der Waals surface area contributed by atoms with E-state index in [1.54, 1.807) is 31.4 Å². The van der Waals surface area contributed by atoms with Gasteiger partial charge in [0.15, 0.2) is 6.04 Å². The number of carbonyl (C=O) groups is 2. The van der Waals surface area contributed by atoms with E-state index in [9.17, 15) is 9.59 Å². The molecule has 0 bridgehead atoms. The molecule has 6 nitrogen and oxygen atoms in total. The molecule has 0 radical (unpaired) electrons. The Bertz CT molecular complexity index is 573. The summed E-state index contributed by atoms with van der Waals surface area (Å²) in [6, 6.07) is 7.53. The van der Waals surface area contributed by atoms with Crippen molar-refractivity contribution >= 4 is 17.5 Å². The van der Waals surface area contributed by atoms with Gasteiger partial charge in [-0.3, -0.25) is 9.59 Å². The highest BCUT2D eigenvalue weighted by atomic mass is 16.5. The van der Waals surface area contributed by atoms with E-state index in [0.717, 1.165) is 18.6 Å². The summed E-state index contributed by atoms with van der Waals surface area (Å²) in [7, 11) is 1.60. The van der Waals surface area contributed by atoms with Gasteiger partial charge in [0.1, 0.15) is 11.8 Å². The fourth-order valence-electron chi connectivity index (χ4n) is 3.49. The third-order valence-corrected chi connectivity index (χ3v) is 4.74. The standard InChI is InChI=1S/C17H23N3O3/c1-23-12-8-6-11(7-9-12)18-16(21)10-15-17(22)20-14-5-3-2-4-13(14)19-15/h6-9,13-15,19H,2-5,10H2,1H3,(H,18,21)(H,20,22)/p+1/t13-,14+,15-/m0/s1. The maximum absolute atomic E-state index is 12.2.